The molecule has 0 aromatic carbocycles. The van der Waals surface area contributed by atoms with E-state index >= 15 is 0 Å². The van der Waals surface area contributed by atoms with E-state index in [-0.39, 0.29) is 5.92 Å². The van der Waals surface area contributed by atoms with Crippen LogP contribution in [0.25, 0.3) is 0 Å². The van der Waals surface area contributed by atoms with Crippen molar-refractivity contribution >= 4 is 11.6 Å². The Kier molecular flexibility index (Phi) is 5.76. The number of nitrogens with zero attached hydrogens (tertiary/aromatic N) is 3. The second-order valence-corrected chi connectivity index (χ2v) is 6.12. The van der Waals surface area contributed by atoms with Gasteiger partial charge in [-0.15, -0.1) is 0 Å². The third-order valence-corrected chi connectivity index (χ3v) is 4.00. The monoisotopic (exact) mass is 292 g/mol. The number of nitrogens with two attached hydrogens (primary N) is 1. The van der Waals surface area contributed by atoms with Crippen molar-refractivity contribution in [3.63, 3.8) is 0 Å². The molecule has 118 valence electrons. The van der Waals surface area contributed by atoms with Crippen LogP contribution in [0, 0.1) is 0 Å². The summed E-state index contributed by atoms with van der Waals surface area (Å²) in [4.78, 5) is 11.5. The molecule has 0 bridgehead atoms. The van der Waals surface area contributed by atoms with E-state index in [9.17, 15) is 0 Å². The van der Waals surface area contributed by atoms with Gasteiger partial charge in [0, 0.05) is 24.6 Å². The molecule has 0 saturated carbocycles. The second kappa shape index (κ2) is 7.56. The van der Waals surface area contributed by atoms with Gasteiger partial charge in [0.25, 0.3) is 0 Å². The predicted octanol–water partition coefficient (Wildman–Crippen LogP) is 2.17. The smallest absolute Gasteiger partial charge is 0.145 e. The topological polar surface area (TPSA) is 79.1 Å². The number of hydrogen-bond acceptors (Lipinski definition) is 6. The molecule has 0 amide bonds. The van der Waals surface area contributed by atoms with E-state index < -0.39 is 0 Å². The molecule has 2 heterocycles. The summed E-state index contributed by atoms with van der Waals surface area (Å²) in [5, 5.41) is 3.42. The number of hydrazine groups is 1. The summed E-state index contributed by atoms with van der Waals surface area (Å²) >= 11 is 0. The molecule has 1 aliphatic rings. The highest BCUT2D eigenvalue weighted by atomic mass is 15.3. The van der Waals surface area contributed by atoms with Crippen molar-refractivity contribution in [3.8, 4) is 0 Å². The van der Waals surface area contributed by atoms with Gasteiger partial charge in [0.05, 0.1) is 0 Å². The van der Waals surface area contributed by atoms with Gasteiger partial charge in [-0.3, -0.25) is 4.90 Å². The van der Waals surface area contributed by atoms with E-state index in [2.05, 4.69) is 46.4 Å². The first kappa shape index (κ1) is 16.0. The molecular weight excluding hydrogens is 264 g/mol. The summed E-state index contributed by atoms with van der Waals surface area (Å²) in [6.07, 6.45) is 4.00. The minimum Gasteiger partial charge on any atom is -0.368 e. The number of nitrogen functional groups attached to an aromatic ring is 1. The SMILES string of the molecule is CC(C)c1nc(NN)cc(NCC(C)N2CCCCC2)n1. The Hall–Kier alpha value is -1.40. The molecule has 2 rings (SSSR count). The van der Waals surface area contributed by atoms with Crippen LogP contribution in [0.5, 0.6) is 0 Å². The molecule has 21 heavy (non-hydrogen) atoms. The third kappa shape index (κ3) is 4.54. The highest BCUT2D eigenvalue weighted by Crippen LogP contribution is 2.17. The number of anilines is 2. The molecule has 1 saturated heterocycles. The molecule has 1 fully saturated rings. The Morgan fingerprint density at radius 2 is 1.81 bits per heavy atom. The van der Waals surface area contributed by atoms with Crippen LogP contribution in [0.4, 0.5) is 11.6 Å². The van der Waals surface area contributed by atoms with Crippen molar-refractivity contribution in [3.05, 3.63) is 11.9 Å². The lowest BCUT2D eigenvalue weighted by Gasteiger charge is -2.32. The standard InChI is InChI=1S/C15H28N6/c1-11(2)15-18-13(9-14(19-15)20-16)17-10-12(3)21-7-5-4-6-8-21/h9,11-12H,4-8,10,16H2,1-3H3,(H2,17,18,19,20). The van der Waals surface area contributed by atoms with E-state index in [1.54, 1.807) is 0 Å². The number of piperidine rings is 1. The Morgan fingerprint density at radius 3 is 2.43 bits per heavy atom. The average Bonchev–Trinajstić information content (AvgIpc) is 2.53. The van der Waals surface area contributed by atoms with Crippen molar-refractivity contribution in [2.75, 3.05) is 30.4 Å². The molecule has 0 aliphatic carbocycles. The van der Waals surface area contributed by atoms with Crippen molar-refractivity contribution in [2.24, 2.45) is 5.84 Å². The van der Waals surface area contributed by atoms with E-state index in [1.807, 2.05) is 6.07 Å². The highest BCUT2D eigenvalue weighted by molar-refractivity contribution is 5.47. The molecule has 1 aliphatic heterocycles. The summed E-state index contributed by atoms with van der Waals surface area (Å²) in [5.74, 6) is 8.06. The molecular formula is C15H28N6. The van der Waals surface area contributed by atoms with Gasteiger partial charge in [0.15, 0.2) is 0 Å². The largest absolute Gasteiger partial charge is 0.368 e. The van der Waals surface area contributed by atoms with Crippen molar-refractivity contribution in [1.29, 1.82) is 0 Å². The van der Waals surface area contributed by atoms with Crippen molar-refractivity contribution in [1.82, 2.24) is 14.9 Å². The van der Waals surface area contributed by atoms with Gasteiger partial charge in [0.1, 0.15) is 17.5 Å². The fourth-order valence-corrected chi connectivity index (χ4v) is 2.63. The first-order chi connectivity index (χ1) is 10.1. The maximum absolute atomic E-state index is 5.48. The van der Waals surface area contributed by atoms with Crippen LogP contribution < -0.4 is 16.6 Å². The average molecular weight is 292 g/mol. The Bertz CT molecular complexity index is 442. The van der Waals surface area contributed by atoms with E-state index in [1.165, 1.54) is 32.4 Å². The van der Waals surface area contributed by atoms with Gasteiger partial charge in [-0.1, -0.05) is 20.3 Å². The lowest BCUT2D eigenvalue weighted by Crippen LogP contribution is -2.41. The van der Waals surface area contributed by atoms with Crippen LogP contribution in [-0.4, -0.2) is 40.5 Å². The minimum absolute atomic E-state index is 0.276. The van der Waals surface area contributed by atoms with Crippen LogP contribution in [-0.2, 0) is 0 Å². The van der Waals surface area contributed by atoms with Gasteiger partial charge >= 0.3 is 0 Å². The van der Waals surface area contributed by atoms with Crippen molar-refractivity contribution in [2.45, 2.75) is 52.0 Å². The predicted molar refractivity (Wildman–Crippen MR) is 87.3 cm³/mol. The third-order valence-electron chi connectivity index (χ3n) is 4.00. The van der Waals surface area contributed by atoms with E-state index in [4.69, 9.17) is 5.84 Å². The van der Waals surface area contributed by atoms with Gasteiger partial charge < -0.3 is 10.7 Å². The fourth-order valence-electron chi connectivity index (χ4n) is 2.63. The number of rotatable bonds is 6. The van der Waals surface area contributed by atoms with Crippen LogP contribution >= 0.6 is 0 Å². The molecule has 1 aromatic heterocycles. The Balaban J connectivity index is 1.96. The molecule has 6 nitrogen and oxygen atoms in total. The Morgan fingerprint density at radius 1 is 1.14 bits per heavy atom. The maximum atomic E-state index is 5.48. The minimum atomic E-state index is 0.276. The van der Waals surface area contributed by atoms with Gasteiger partial charge in [-0.2, -0.15) is 0 Å². The van der Waals surface area contributed by atoms with Gasteiger partial charge in [-0.25, -0.2) is 15.8 Å². The lowest BCUT2D eigenvalue weighted by molar-refractivity contribution is 0.180. The fraction of sp³-hybridized carbons (Fsp3) is 0.733. The normalized spacial score (nSPS) is 17.8. The summed E-state index contributed by atoms with van der Waals surface area (Å²) < 4.78 is 0. The number of hydrogen-bond donors (Lipinski definition) is 3. The number of nitrogens with one attached hydrogen (secondary N) is 2. The second-order valence-electron chi connectivity index (χ2n) is 6.12. The highest BCUT2D eigenvalue weighted by Gasteiger charge is 2.16. The van der Waals surface area contributed by atoms with E-state index in [0.29, 0.717) is 11.9 Å². The van der Waals surface area contributed by atoms with Crippen molar-refractivity contribution < 1.29 is 0 Å². The summed E-state index contributed by atoms with van der Waals surface area (Å²) in [5.41, 5.74) is 2.61. The number of likely N-dealkylation sites (tertiary alicyclic amines) is 1. The zero-order valence-electron chi connectivity index (χ0n) is 13.4. The zero-order chi connectivity index (χ0) is 15.2. The first-order valence-corrected chi connectivity index (χ1v) is 7.93. The molecule has 1 aromatic rings. The first-order valence-electron chi connectivity index (χ1n) is 7.93. The lowest BCUT2D eigenvalue weighted by atomic mass is 10.1. The quantitative estimate of drug-likeness (QED) is 0.551. The molecule has 0 spiro atoms. The molecule has 4 N–H and O–H groups in total. The van der Waals surface area contributed by atoms with Crippen LogP contribution in [0.3, 0.4) is 0 Å². The zero-order valence-corrected chi connectivity index (χ0v) is 13.4. The molecule has 6 heteroatoms. The van der Waals surface area contributed by atoms with Gasteiger partial charge in [0.2, 0.25) is 0 Å². The van der Waals surface area contributed by atoms with Crippen LogP contribution in [0.15, 0.2) is 6.07 Å². The summed E-state index contributed by atoms with van der Waals surface area (Å²) in [6, 6.07) is 2.37. The Labute approximate surface area is 127 Å². The van der Waals surface area contributed by atoms with Crippen LogP contribution in [0.1, 0.15) is 51.8 Å². The molecule has 1 atom stereocenters. The molecule has 0 radical (unpaired) electrons. The maximum Gasteiger partial charge on any atom is 0.145 e. The summed E-state index contributed by atoms with van der Waals surface area (Å²) in [6.45, 7) is 9.73. The van der Waals surface area contributed by atoms with Gasteiger partial charge in [-0.05, 0) is 32.9 Å². The molecule has 1 unspecified atom stereocenters. The summed E-state index contributed by atoms with van der Waals surface area (Å²) in [7, 11) is 0. The van der Waals surface area contributed by atoms with Crippen LogP contribution in [0.2, 0.25) is 0 Å². The number of aromatic nitrogens is 2. The van der Waals surface area contributed by atoms with E-state index in [0.717, 1.165) is 18.2 Å².